The molecule has 3 saturated heterocycles. The summed E-state index contributed by atoms with van der Waals surface area (Å²) in [5, 5.41) is 0. The fraction of sp³-hybridized carbons (Fsp3) is 1.00. The van der Waals surface area contributed by atoms with Crippen molar-refractivity contribution in [1.82, 2.24) is 14.7 Å². The van der Waals surface area contributed by atoms with Crippen molar-refractivity contribution >= 4 is 0 Å². The molecule has 0 aromatic carbocycles. The van der Waals surface area contributed by atoms with E-state index in [1.165, 1.54) is 77.9 Å². The van der Waals surface area contributed by atoms with E-state index in [0.29, 0.717) is 16.2 Å². The second kappa shape index (κ2) is 6.21. The van der Waals surface area contributed by atoms with Crippen molar-refractivity contribution in [2.45, 2.75) is 78.8 Å². The van der Waals surface area contributed by atoms with Crippen molar-refractivity contribution in [3.8, 4) is 0 Å². The maximum Gasteiger partial charge on any atom is 0.0212 e. The normalized spacial score (nSPS) is 30.5. The van der Waals surface area contributed by atoms with E-state index in [4.69, 9.17) is 0 Å². The summed E-state index contributed by atoms with van der Waals surface area (Å²) in [6.07, 6.45) is 7.20. The molecule has 144 valence electrons. The Kier molecular flexibility index (Phi) is 4.53. The fourth-order valence-electron chi connectivity index (χ4n) is 6.06. The molecule has 1 aliphatic carbocycles. The highest BCUT2D eigenvalue weighted by atomic mass is 15.3. The van der Waals surface area contributed by atoms with Gasteiger partial charge >= 0.3 is 0 Å². The third kappa shape index (κ3) is 3.94. The molecule has 4 rings (SSSR count). The maximum absolute atomic E-state index is 2.82. The lowest BCUT2D eigenvalue weighted by Gasteiger charge is -2.63. The minimum Gasteiger partial charge on any atom is -0.303 e. The van der Waals surface area contributed by atoms with Crippen molar-refractivity contribution in [3.05, 3.63) is 0 Å². The van der Waals surface area contributed by atoms with Gasteiger partial charge in [-0.15, -0.1) is 0 Å². The van der Waals surface area contributed by atoms with Crippen molar-refractivity contribution in [1.29, 1.82) is 0 Å². The van der Waals surface area contributed by atoms with E-state index in [-0.39, 0.29) is 0 Å². The molecular weight excluding hydrogens is 306 g/mol. The first kappa shape index (κ1) is 18.3. The standard InChI is InChI=1S/C22H41N3/c1-18(2)24-14-22(15-24)16-25(17-22)19-6-10-23(11-7-19)13-21(8-9-21)12-20(3,4)5/h18-19H,6-17H2,1-5H3. The summed E-state index contributed by atoms with van der Waals surface area (Å²) >= 11 is 0. The first-order chi connectivity index (χ1) is 11.7. The predicted octanol–water partition coefficient (Wildman–Crippen LogP) is 3.69. The van der Waals surface area contributed by atoms with Gasteiger partial charge in [-0.3, -0.25) is 9.80 Å². The Bertz CT molecular complexity index is 466. The van der Waals surface area contributed by atoms with Crippen LogP contribution < -0.4 is 0 Å². The minimum absolute atomic E-state index is 0.493. The van der Waals surface area contributed by atoms with Crippen LogP contribution in [0.25, 0.3) is 0 Å². The lowest BCUT2D eigenvalue weighted by Crippen LogP contribution is -2.74. The van der Waals surface area contributed by atoms with Gasteiger partial charge in [0.2, 0.25) is 0 Å². The van der Waals surface area contributed by atoms with E-state index in [1.54, 1.807) is 0 Å². The van der Waals surface area contributed by atoms with E-state index in [0.717, 1.165) is 12.1 Å². The van der Waals surface area contributed by atoms with E-state index in [1.807, 2.05) is 0 Å². The van der Waals surface area contributed by atoms with Crippen LogP contribution in [-0.4, -0.2) is 72.6 Å². The molecule has 0 bridgehead atoms. The summed E-state index contributed by atoms with van der Waals surface area (Å²) in [5.41, 5.74) is 1.86. The van der Waals surface area contributed by atoms with Crippen molar-refractivity contribution < 1.29 is 0 Å². The van der Waals surface area contributed by atoms with Gasteiger partial charge in [0, 0.05) is 50.2 Å². The molecule has 0 unspecified atom stereocenters. The van der Waals surface area contributed by atoms with Gasteiger partial charge < -0.3 is 4.90 Å². The first-order valence-corrected chi connectivity index (χ1v) is 10.9. The van der Waals surface area contributed by atoms with Gasteiger partial charge in [-0.25, -0.2) is 0 Å². The SMILES string of the molecule is CC(C)N1CC2(C1)CN(C1CCN(CC3(CC(C)(C)C)CC3)CC1)C2. The van der Waals surface area contributed by atoms with Crippen LogP contribution in [0.5, 0.6) is 0 Å². The zero-order valence-electron chi connectivity index (χ0n) is 17.5. The summed E-state index contributed by atoms with van der Waals surface area (Å²) in [7, 11) is 0. The molecule has 25 heavy (non-hydrogen) atoms. The molecule has 0 amide bonds. The summed E-state index contributed by atoms with van der Waals surface area (Å²) in [6, 6.07) is 1.62. The molecule has 1 spiro atoms. The Morgan fingerprint density at radius 3 is 2.04 bits per heavy atom. The molecule has 4 aliphatic rings. The maximum atomic E-state index is 2.82. The monoisotopic (exact) mass is 347 g/mol. The molecular formula is C22H41N3. The topological polar surface area (TPSA) is 9.72 Å². The van der Waals surface area contributed by atoms with E-state index >= 15 is 0 Å². The molecule has 0 aromatic rings. The Morgan fingerprint density at radius 1 is 0.960 bits per heavy atom. The molecule has 3 aliphatic heterocycles. The van der Waals surface area contributed by atoms with Gasteiger partial charge in [-0.1, -0.05) is 20.8 Å². The lowest BCUT2D eigenvalue weighted by atomic mass is 9.71. The first-order valence-electron chi connectivity index (χ1n) is 10.9. The van der Waals surface area contributed by atoms with Gasteiger partial charge in [-0.05, 0) is 69.9 Å². The van der Waals surface area contributed by atoms with Crippen LogP contribution in [0.15, 0.2) is 0 Å². The highest BCUT2D eigenvalue weighted by Crippen LogP contribution is 2.54. The van der Waals surface area contributed by atoms with Gasteiger partial charge in [-0.2, -0.15) is 0 Å². The number of piperidine rings is 1. The average Bonchev–Trinajstić information content (AvgIpc) is 3.14. The Hall–Kier alpha value is -0.120. The third-order valence-electron chi connectivity index (χ3n) is 7.38. The van der Waals surface area contributed by atoms with E-state index < -0.39 is 0 Å². The van der Waals surface area contributed by atoms with Crippen LogP contribution in [0, 0.1) is 16.2 Å². The second-order valence-electron chi connectivity index (χ2n) is 11.6. The Balaban J connectivity index is 1.18. The second-order valence-corrected chi connectivity index (χ2v) is 11.6. The van der Waals surface area contributed by atoms with Crippen molar-refractivity contribution in [3.63, 3.8) is 0 Å². The third-order valence-corrected chi connectivity index (χ3v) is 7.38. The summed E-state index contributed by atoms with van der Waals surface area (Å²) < 4.78 is 0. The van der Waals surface area contributed by atoms with Crippen LogP contribution in [0.1, 0.15) is 66.7 Å². The van der Waals surface area contributed by atoms with Crippen LogP contribution in [0.4, 0.5) is 0 Å². The summed E-state index contributed by atoms with van der Waals surface area (Å²) in [5.74, 6) is 0. The number of hydrogen-bond donors (Lipinski definition) is 0. The number of likely N-dealkylation sites (tertiary alicyclic amines) is 3. The molecule has 0 atom stereocenters. The molecule has 0 aromatic heterocycles. The molecule has 4 fully saturated rings. The fourth-order valence-corrected chi connectivity index (χ4v) is 6.06. The zero-order chi connectivity index (χ0) is 17.9. The predicted molar refractivity (Wildman–Crippen MR) is 106 cm³/mol. The quantitative estimate of drug-likeness (QED) is 0.751. The van der Waals surface area contributed by atoms with Crippen LogP contribution >= 0.6 is 0 Å². The number of nitrogens with zero attached hydrogens (tertiary/aromatic N) is 3. The smallest absolute Gasteiger partial charge is 0.0212 e. The largest absolute Gasteiger partial charge is 0.303 e. The highest BCUT2D eigenvalue weighted by Gasteiger charge is 2.53. The average molecular weight is 348 g/mol. The van der Waals surface area contributed by atoms with Crippen molar-refractivity contribution in [2.24, 2.45) is 16.2 Å². The van der Waals surface area contributed by atoms with E-state index in [2.05, 4.69) is 49.3 Å². The van der Waals surface area contributed by atoms with Gasteiger partial charge in [0.15, 0.2) is 0 Å². The lowest BCUT2D eigenvalue weighted by molar-refractivity contribution is -0.144. The summed E-state index contributed by atoms with van der Waals surface area (Å²) in [6.45, 7) is 21.5. The van der Waals surface area contributed by atoms with Crippen LogP contribution in [0.2, 0.25) is 0 Å². The molecule has 0 N–H and O–H groups in total. The molecule has 0 radical (unpaired) electrons. The van der Waals surface area contributed by atoms with Crippen LogP contribution in [-0.2, 0) is 0 Å². The molecule has 1 saturated carbocycles. The molecule has 3 heterocycles. The van der Waals surface area contributed by atoms with Gasteiger partial charge in [0.05, 0.1) is 0 Å². The Labute approximate surface area is 156 Å². The Morgan fingerprint density at radius 2 is 1.56 bits per heavy atom. The van der Waals surface area contributed by atoms with Gasteiger partial charge in [0.25, 0.3) is 0 Å². The molecule has 3 nitrogen and oxygen atoms in total. The van der Waals surface area contributed by atoms with Gasteiger partial charge in [0.1, 0.15) is 0 Å². The van der Waals surface area contributed by atoms with Crippen molar-refractivity contribution in [2.75, 3.05) is 45.8 Å². The highest BCUT2D eigenvalue weighted by molar-refractivity contribution is 5.08. The zero-order valence-corrected chi connectivity index (χ0v) is 17.5. The minimum atomic E-state index is 0.493. The molecule has 3 heteroatoms. The van der Waals surface area contributed by atoms with E-state index in [9.17, 15) is 0 Å². The number of hydrogen-bond acceptors (Lipinski definition) is 3. The number of rotatable bonds is 5. The summed E-state index contributed by atoms with van der Waals surface area (Å²) in [4.78, 5) is 8.26. The van der Waals surface area contributed by atoms with Crippen LogP contribution in [0.3, 0.4) is 0 Å².